The molecule has 86 valence electrons. The SMILES string of the molecule is CCSc1nn(CCCBr)c(=O)n1CC. The first kappa shape index (κ1) is 12.8. The highest BCUT2D eigenvalue weighted by Crippen LogP contribution is 2.12. The molecule has 0 aliphatic carbocycles. The summed E-state index contributed by atoms with van der Waals surface area (Å²) in [7, 11) is 0. The first-order chi connectivity index (χ1) is 7.24. The molecule has 0 aromatic carbocycles. The zero-order valence-electron chi connectivity index (χ0n) is 9.07. The number of alkyl halides is 1. The Morgan fingerprint density at radius 3 is 2.73 bits per heavy atom. The van der Waals surface area contributed by atoms with Crippen LogP contribution in [0.2, 0.25) is 0 Å². The van der Waals surface area contributed by atoms with Gasteiger partial charge in [-0.05, 0) is 19.1 Å². The van der Waals surface area contributed by atoms with Crippen molar-refractivity contribution in [3.8, 4) is 0 Å². The molecular formula is C9H16BrN3OS. The molecule has 1 aromatic rings. The van der Waals surface area contributed by atoms with Gasteiger partial charge in [0.25, 0.3) is 0 Å². The minimum atomic E-state index is 0.00870. The second-order valence-corrected chi connectivity index (χ2v) is 5.03. The number of rotatable bonds is 6. The molecule has 0 bridgehead atoms. The van der Waals surface area contributed by atoms with Crippen LogP contribution < -0.4 is 5.69 Å². The largest absolute Gasteiger partial charge is 0.346 e. The molecule has 1 rings (SSSR count). The Bertz CT molecular complexity index is 361. The Morgan fingerprint density at radius 2 is 2.20 bits per heavy atom. The normalized spacial score (nSPS) is 10.9. The maximum atomic E-state index is 11.8. The van der Waals surface area contributed by atoms with E-state index in [2.05, 4.69) is 28.0 Å². The van der Waals surface area contributed by atoms with Crippen molar-refractivity contribution in [3.63, 3.8) is 0 Å². The van der Waals surface area contributed by atoms with Crippen molar-refractivity contribution in [3.05, 3.63) is 10.5 Å². The van der Waals surface area contributed by atoms with E-state index in [0.29, 0.717) is 13.1 Å². The average molecular weight is 294 g/mol. The van der Waals surface area contributed by atoms with Gasteiger partial charge in [-0.1, -0.05) is 34.6 Å². The summed E-state index contributed by atoms with van der Waals surface area (Å²) in [5.41, 5.74) is 0.00870. The lowest BCUT2D eigenvalue weighted by Crippen LogP contribution is -2.24. The number of hydrogen-bond donors (Lipinski definition) is 0. The molecule has 0 aliphatic rings. The number of hydrogen-bond acceptors (Lipinski definition) is 3. The van der Waals surface area contributed by atoms with Crippen molar-refractivity contribution in [1.82, 2.24) is 14.3 Å². The van der Waals surface area contributed by atoms with E-state index in [1.54, 1.807) is 21.0 Å². The molecular weight excluding hydrogens is 278 g/mol. The first-order valence-electron chi connectivity index (χ1n) is 5.11. The number of nitrogens with zero attached hydrogens (tertiary/aromatic N) is 3. The molecule has 0 amide bonds. The molecule has 0 N–H and O–H groups in total. The van der Waals surface area contributed by atoms with Crippen LogP contribution in [0.4, 0.5) is 0 Å². The quantitative estimate of drug-likeness (QED) is 0.595. The Morgan fingerprint density at radius 1 is 1.47 bits per heavy atom. The van der Waals surface area contributed by atoms with Crippen LogP contribution in [0.25, 0.3) is 0 Å². The number of aryl methyl sites for hydroxylation is 1. The third-order valence-corrected chi connectivity index (χ3v) is 3.39. The second kappa shape index (κ2) is 6.37. The van der Waals surface area contributed by atoms with E-state index >= 15 is 0 Å². The van der Waals surface area contributed by atoms with E-state index in [9.17, 15) is 4.79 Å². The monoisotopic (exact) mass is 293 g/mol. The molecule has 4 nitrogen and oxygen atoms in total. The maximum absolute atomic E-state index is 11.8. The number of thioether (sulfide) groups is 1. The minimum Gasteiger partial charge on any atom is -0.270 e. The lowest BCUT2D eigenvalue weighted by molar-refractivity contribution is 0.571. The number of aromatic nitrogens is 3. The van der Waals surface area contributed by atoms with Gasteiger partial charge in [-0.3, -0.25) is 4.57 Å². The topological polar surface area (TPSA) is 39.8 Å². The summed E-state index contributed by atoms with van der Waals surface area (Å²) in [5, 5.41) is 6.05. The lowest BCUT2D eigenvalue weighted by Gasteiger charge is -1.97. The van der Waals surface area contributed by atoms with Gasteiger partial charge in [-0.2, -0.15) is 0 Å². The van der Waals surface area contributed by atoms with Crippen LogP contribution in [-0.4, -0.2) is 25.4 Å². The van der Waals surface area contributed by atoms with Crippen LogP contribution in [0.5, 0.6) is 0 Å². The standard InChI is InChI=1S/C9H16BrN3OS/c1-3-12-8(15-4-2)11-13(9(12)14)7-5-6-10/h3-7H2,1-2H3. The fraction of sp³-hybridized carbons (Fsp3) is 0.778. The van der Waals surface area contributed by atoms with E-state index in [0.717, 1.165) is 22.7 Å². The second-order valence-electron chi connectivity index (χ2n) is 3.01. The first-order valence-corrected chi connectivity index (χ1v) is 7.21. The van der Waals surface area contributed by atoms with Gasteiger partial charge in [0.15, 0.2) is 5.16 Å². The third-order valence-electron chi connectivity index (χ3n) is 1.98. The maximum Gasteiger partial charge on any atom is 0.346 e. The summed E-state index contributed by atoms with van der Waals surface area (Å²) in [6.07, 6.45) is 0.927. The molecule has 1 heterocycles. The van der Waals surface area contributed by atoms with Crippen molar-refractivity contribution >= 4 is 27.7 Å². The molecule has 15 heavy (non-hydrogen) atoms. The van der Waals surface area contributed by atoms with Crippen LogP contribution in [0, 0.1) is 0 Å². The van der Waals surface area contributed by atoms with Crippen molar-refractivity contribution in [1.29, 1.82) is 0 Å². The van der Waals surface area contributed by atoms with Crippen LogP contribution in [0.3, 0.4) is 0 Å². The third kappa shape index (κ3) is 3.11. The Balaban J connectivity index is 2.93. The van der Waals surface area contributed by atoms with Gasteiger partial charge < -0.3 is 0 Å². The van der Waals surface area contributed by atoms with Gasteiger partial charge in [0.2, 0.25) is 0 Å². The van der Waals surface area contributed by atoms with E-state index in [4.69, 9.17) is 0 Å². The molecule has 0 fully saturated rings. The van der Waals surface area contributed by atoms with Gasteiger partial charge in [0.05, 0.1) is 0 Å². The summed E-state index contributed by atoms with van der Waals surface area (Å²) in [4.78, 5) is 11.8. The van der Waals surface area contributed by atoms with E-state index < -0.39 is 0 Å². The van der Waals surface area contributed by atoms with Crippen LogP contribution in [0.15, 0.2) is 9.95 Å². The zero-order valence-corrected chi connectivity index (χ0v) is 11.5. The lowest BCUT2D eigenvalue weighted by atomic mass is 10.5. The van der Waals surface area contributed by atoms with E-state index in [-0.39, 0.29) is 5.69 Å². The van der Waals surface area contributed by atoms with Gasteiger partial charge in [0, 0.05) is 18.4 Å². The van der Waals surface area contributed by atoms with Crippen LogP contribution in [-0.2, 0) is 13.1 Å². The van der Waals surface area contributed by atoms with Crippen LogP contribution in [0.1, 0.15) is 20.3 Å². The highest BCUT2D eigenvalue weighted by Gasteiger charge is 2.10. The smallest absolute Gasteiger partial charge is 0.270 e. The molecule has 0 saturated heterocycles. The number of halogens is 1. The molecule has 0 atom stereocenters. The van der Waals surface area contributed by atoms with Gasteiger partial charge >= 0.3 is 5.69 Å². The summed E-state index contributed by atoms with van der Waals surface area (Å²) in [6.45, 7) is 5.41. The highest BCUT2D eigenvalue weighted by molar-refractivity contribution is 9.09. The van der Waals surface area contributed by atoms with Crippen molar-refractivity contribution in [2.75, 3.05) is 11.1 Å². The Hall–Kier alpha value is -0.230. The predicted octanol–water partition coefficient (Wildman–Crippen LogP) is 1.96. The molecule has 0 radical (unpaired) electrons. The fourth-order valence-corrected chi connectivity index (χ4v) is 2.31. The Kier molecular flexibility index (Phi) is 5.45. The Labute approximate surface area is 102 Å². The highest BCUT2D eigenvalue weighted by atomic mass is 79.9. The minimum absolute atomic E-state index is 0.00870. The zero-order chi connectivity index (χ0) is 11.3. The molecule has 0 unspecified atom stereocenters. The summed E-state index contributed by atoms with van der Waals surface area (Å²) in [5.74, 6) is 0.939. The molecule has 1 aromatic heterocycles. The van der Waals surface area contributed by atoms with Crippen molar-refractivity contribution in [2.45, 2.75) is 38.5 Å². The fourth-order valence-electron chi connectivity index (χ4n) is 1.28. The molecule has 0 aliphatic heterocycles. The van der Waals surface area contributed by atoms with Crippen molar-refractivity contribution in [2.24, 2.45) is 0 Å². The van der Waals surface area contributed by atoms with E-state index in [1.165, 1.54) is 0 Å². The molecule has 6 heteroatoms. The predicted molar refractivity (Wildman–Crippen MR) is 67.0 cm³/mol. The summed E-state index contributed by atoms with van der Waals surface area (Å²) in [6, 6.07) is 0. The van der Waals surface area contributed by atoms with Gasteiger partial charge in [-0.25, -0.2) is 9.48 Å². The van der Waals surface area contributed by atoms with Crippen molar-refractivity contribution < 1.29 is 0 Å². The summed E-state index contributed by atoms with van der Waals surface area (Å²) < 4.78 is 3.28. The van der Waals surface area contributed by atoms with Gasteiger partial charge in [0.1, 0.15) is 0 Å². The summed E-state index contributed by atoms with van der Waals surface area (Å²) >= 11 is 4.96. The van der Waals surface area contributed by atoms with E-state index in [1.807, 2.05) is 6.92 Å². The molecule has 0 spiro atoms. The van der Waals surface area contributed by atoms with Crippen LogP contribution >= 0.6 is 27.7 Å². The average Bonchev–Trinajstić information content (AvgIpc) is 2.52. The van der Waals surface area contributed by atoms with Gasteiger partial charge in [-0.15, -0.1) is 5.10 Å². The molecule has 0 saturated carbocycles.